The molecule has 1 heterocycles. The Morgan fingerprint density at radius 1 is 1.33 bits per heavy atom. The molecule has 0 saturated heterocycles. The van der Waals surface area contributed by atoms with Gasteiger partial charge in [0.2, 0.25) is 5.82 Å². The number of amides is 1. The molecule has 0 unspecified atom stereocenters. The Balaban J connectivity index is 2.74. The van der Waals surface area contributed by atoms with Crippen LogP contribution >= 0.6 is 0 Å². The Hall–Kier alpha value is -1.96. The zero-order valence-corrected chi connectivity index (χ0v) is 12.7. The molecule has 0 aliphatic carbocycles. The molecule has 1 N–H and O–H groups in total. The zero-order valence-electron chi connectivity index (χ0n) is 12.7. The summed E-state index contributed by atoms with van der Waals surface area (Å²) >= 11 is 0. The third-order valence-electron chi connectivity index (χ3n) is 2.69. The van der Waals surface area contributed by atoms with Crippen molar-refractivity contribution in [1.29, 1.82) is 0 Å². The first-order chi connectivity index (χ1) is 10.1. The number of hydrogen-bond donors (Lipinski definition) is 1. The lowest BCUT2D eigenvalue weighted by molar-refractivity contribution is -0.143. The van der Waals surface area contributed by atoms with Crippen LogP contribution in [0.1, 0.15) is 36.7 Å². The second-order valence-electron chi connectivity index (χ2n) is 4.38. The lowest BCUT2D eigenvalue weighted by Gasteiger charge is -2.19. The normalized spacial score (nSPS) is 10.4. The van der Waals surface area contributed by atoms with Gasteiger partial charge in [-0.25, -0.2) is 4.98 Å². The fraction of sp³-hybridized carbons (Fsp3) is 0.692. The largest absolute Gasteiger partial charge is 0.465 e. The van der Waals surface area contributed by atoms with Gasteiger partial charge in [0.1, 0.15) is 12.4 Å². The summed E-state index contributed by atoms with van der Waals surface area (Å²) in [6.45, 7) is 4.44. The summed E-state index contributed by atoms with van der Waals surface area (Å²) in [5.41, 5.74) is 0. The van der Waals surface area contributed by atoms with Crippen LogP contribution in [0.25, 0.3) is 0 Å². The van der Waals surface area contributed by atoms with Crippen molar-refractivity contribution in [1.82, 2.24) is 20.1 Å². The summed E-state index contributed by atoms with van der Waals surface area (Å²) in [7, 11) is 1.53. The van der Waals surface area contributed by atoms with E-state index in [1.54, 1.807) is 6.92 Å². The molecule has 1 amide bonds. The molecule has 0 spiro atoms. The van der Waals surface area contributed by atoms with Crippen LogP contribution < -0.4 is 0 Å². The minimum Gasteiger partial charge on any atom is -0.465 e. The van der Waals surface area contributed by atoms with Crippen molar-refractivity contribution >= 4 is 11.9 Å². The van der Waals surface area contributed by atoms with Crippen molar-refractivity contribution in [2.45, 2.75) is 26.7 Å². The highest BCUT2D eigenvalue weighted by Crippen LogP contribution is 2.02. The van der Waals surface area contributed by atoms with Gasteiger partial charge >= 0.3 is 5.97 Å². The number of hydrogen-bond acceptors (Lipinski definition) is 6. The average molecular weight is 298 g/mol. The fourth-order valence-electron chi connectivity index (χ4n) is 1.70. The van der Waals surface area contributed by atoms with Crippen LogP contribution in [0.2, 0.25) is 0 Å². The molecule has 0 aliphatic heterocycles. The Morgan fingerprint density at radius 3 is 2.71 bits per heavy atom. The van der Waals surface area contributed by atoms with Gasteiger partial charge in [0.15, 0.2) is 0 Å². The first-order valence-corrected chi connectivity index (χ1v) is 6.97. The molecule has 118 valence electrons. The Bertz CT molecular complexity index is 461. The van der Waals surface area contributed by atoms with E-state index in [0.29, 0.717) is 12.4 Å². The second kappa shape index (κ2) is 9.06. The van der Waals surface area contributed by atoms with Crippen LogP contribution in [-0.2, 0) is 20.7 Å². The number of H-pyrrole nitrogens is 1. The van der Waals surface area contributed by atoms with Gasteiger partial charge in [-0.1, -0.05) is 6.92 Å². The minimum absolute atomic E-state index is 0.0545. The molecule has 1 aromatic heterocycles. The number of nitrogens with zero attached hydrogens (tertiary/aromatic N) is 3. The maximum atomic E-state index is 12.3. The Labute approximate surface area is 123 Å². The number of aromatic amines is 1. The van der Waals surface area contributed by atoms with Gasteiger partial charge in [-0.3, -0.25) is 14.7 Å². The molecule has 1 rings (SSSR count). The third kappa shape index (κ3) is 5.50. The maximum Gasteiger partial charge on any atom is 0.325 e. The molecule has 8 nitrogen and oxygen atoms in total. The van der Waals surface area contributed by atoms with Crippen LogP contribution in [0.5, 0.6) is 0 Å². The maximum absolute atomic E-state index is 12.3. The van der Waals surface area contributed by atoms with E-state index in [-0.39, 0.29) is 25.5 Å². The van der Waals surface area contributed by atoms with Gasteiger partial charge in [-0.2, -0.15) is 0 Å². The smallest absolute Gasteiger partial charge is 0.325 e. The van der Waals surface area contributed by atoms with E-state index in [0.717, 1.165) is 12.8 Å². The zero-order chi connectivity index (χ0) is 15.7. The van der Waals surface area contributed by atoms with Crippen LogP contribution in [-0.4, -0.2) is 65.4 Å². The molecule has 0 aromatic carbocycles. The minimum atomic E-state index is -0.466. The van der Waals surface area contributed by atoms with Gasteiger partial charge in [-0.05, 0) is 13.3 Å². The molecule has 0 atom stereocenters. The highest BCUT2D eigenvalue weighted by atomic mass is 16.5. The molecule has 8 heteroatoms. The quantitative estimate of drug-likeness (QED) is 0.663. The molecular weight excluding hydrogens is 276 g/mol. The summed E-state index contributed by atoms with van der Waals surface area (Å²) < 4.78 is 9.81. The monoisotopic (exact) mass is 298 g/mol. The molecule has 0 aliphatic rings. The molecule has 21 heavy (non-hydrogen) atoms. The number of ether oxygens (including phenoxy) is 2. The van der Waals surface area contributed by atoms with Crippen molar-refractivity contribution in [3.05, 3.63) is 11.6 Å². The topological polar surface area (TPSA) is 97.4 Å². The summed E-state index contributed by atoms with van der Waals surface area (Å²) in [6, 6.07) is 0. The van der Waals surface area contributed by atoms with E-state index in [1.165, 1.54) is 12.0 Å². The number of nitrogens with one attached hydrogen (secondary N) is 1. The molecule has 1 aromatic rings. The molecule has 0 fully saturated rings. The van der Waals surface area contributed by atoms with E-state index in [9.17, 15) is 9.59 Å². The standard InChI is InChI=1S/C13H22N4O4/c1-4-6-10-14-12(16-15-10)13(19)17(7-8-20-3)9-11(18)21-5-2/h4-9H2,1-3H3,(H,14,15,16). The van der Waals surface area contributed by atoms with Gasteiger partial charge < -0.3 is 14.4 Å². The van der Waals surface area contributed by atoms with Gasteiger partial charge in [0.25, 0.3) is 5.91 Å². The van der Waals surface area contributed by atoms with Gasteiger partial charge in [-0.15, -0.1) is 5.10 Å². The lowest BCUT2D eigenvalue weighted by Crippen LogP contribution is -2.39. The van der Waals surface area contributed by atoms with Crippen LogP contribution in [0.3, 0.4) is 0 Å². The van der Waals surface area contributed by atoms with Crippen LogP contribution in [0.4, 0.5) is 0 Å². The fourth-order valence-corrected chi connectivity index (χ4v) is 1.70. The van der Waals surface area contributed by atoms with Crippen molar-refractivity contribution in [3.63, 3.8) is 0 Å². The van der Waals surface area contributed by atoms with Crippen molar-refractivity contribution in [2.75, 3.05) is 33.4 Å². The second-order valence-corrected chi connectivity index (χ2v) is 4.38. The number of aromatic nitrogens is 3. The van der Waals surface area contributed by atoms with Crippen molar-refractivity contribution in [3.8, 4) is 0 Å². The first kappa shape index (κ1) is 17.1. The predicted molar refractivity (Wildman–Crippen MR) is 74.8 cm³/mol. The van der Waals surface area contributed by atoms with Gasteiger partial charge in [0.05, 0.1) is 13.2 Å². The van der Waals surface area contributed by atoms with Crippen LogP contribution in [0.15, 0.2) is 0 Å². The average Bonchev–Trinajstić information content (AvgIpc) is 2.92. The summed E-state index contributed by atoms with van der Waals surface area (Å²) in [6.07, 6.45) is 1.62. The predicted octanol–water partition coefficient (Wildman–Crippen LogP) is 0.409. The van der Waals surface area contributed by atoms with Crippen LogP contribution in [0, 0.1) is 0 Å². The lowest BCUT2D eigenvalue weighted by atomic mass is 10.3. The highest BCUT2D eigenvalue weighted by molar-refractivity contribution is 5.92. The number of carbonyl (C=O) groups is 2. The number of carbonyl (C=O) groups excluding carboxylic acids is 2. The number of aryl methyl sites for hydroxylation is 1. The Kier molecular flexibility index (Phi) is 7.38. The Morgan fingerprint density at radius 2 is 2.10 bits per heavy atom. The molecule has 0 radical (unpaired) electrons. The van der Waals surface area contributed by atoms with E-state index in [4.69, 9.17) is 9.47 Å². The van der Waals surface area contributed by atoms with E-state index < -0.39 is 11.9 Å². The third-order valence-corrected chi connectivity index (χ3v) is 2.69. The summed E-state index contributed by atoms with van der Waals surface area (Å²) in [5, 5.41) is 6.62. The summed E-state index contributed by atoms with van der Waals surface area (Å²) in [5.74, 6) is -0.174. The first-order valence-electron chi connectivity index (χ1n) is 6.97. The van der Waals surface area contributed by atoms with E-state index >= 15 is 0 Å². The van der Waals surface area contributed by atoms with Crippen molar-refractivity contribution < 1.29 is 19.1 Å². The highest BCUT2D eigenvalue weighted by Gasteiger charge is 2.22. The van der Waals surface area contributed by atoms with Gasteiger partial charge in [0, 0.05) is 20.1 Å². The summed E-state index contributed by atoms with van der Waals surface area (Å²) in [4.78, 5) is 29.3. The van der Waals surface area contributed by atoms with Crippen molar-refractivity contribution in [2.24, 2.45) is 0 Å². The number of rotatable bonds is 9. The van der Waals surface area contributed by atoms with E-state index in [1.807, 2.05) is 6.92 Å². The molecule has 0 saturated carbocycles. The van der Waals surface area contributed by atoms with E-state index in [2.05, 4.69) is 15.2 Å². The molecule has 0 bridgehead atoms. The number of methoxy groups -OCH3 is 1. The number of esters is 1. The molecular formula is C13H22N4O4. The SMILES string of the molecule is CCCc1nc(C(=O)N(CCOC)CC(=O)OCC)n[nH]1.